The van der Waals surface area contributed by atoms with E-state index in [1.54, 1.807) is 7.11 Å². The molecular formula is C14H23INO3+. The predicted octanol–water partition coefficient (Wildman–Crippen LogP) is 1.29. The number of hydrogen-bond donors (Lipinski definition) is 1. The van der Waals surface area contributed by atoms with Crippen molar-refractivity contribution < 1.29 is 19.5 Å². The Kier molecular flexibility index (Phi) is 10.1. The normalized spacial score (nSPS) is 10.6. The minimum atomic E-state index is 0.601. The first-order valence-corrected chi connectivity index (χ1v) is 7.67. The fraction of sp³-hybridized carbons (Fsp3) is 0.571. The van der Waals surface area contributed by atoms with E-state index >= 15 is 0 Å². The summed E-state index contributed by atoms with van der Waals surface area (Å²) >= 11 is 2.28. The summed E-state index contributed by atoms with van der Waals surface area (Å²) in [7, 11) is 1.73. The quantitative estimate of drug-likeness (QED) is 0.465. The monoisotopic (exact) mass is 380 g/mol. The molecule has 0 atom stereocenters. The lowest BCUT2D eigenvalue weighted by Crippen LogP contribution is -2.85. The number of ether oxygens (including phenoxy) is 3. The molecule has 0 aliphatic rings. The van der Waals surface area contributed by atoms with Crippen molar-refractivity contribution in [3.05, 3.63) is 27.8 Å². The van der Waals surface area contributed by atoms with Gasteiger partial charge in [-0.15, -0.1) is 0 Å². The van der Waals surface area contributed by atoms with Gasteiger partial charge in [-0.05, 0) is 46.9 Å². The van der Waals surface area contributed by atoms with E-state index in [0.29, 0.717) is 13.2 Å². The van der Waals surface area contributed by atoms with Crippen LogP contribution in [0.5, 0.6) is 5.75 Å². The Labute approximate surface area is 129 Å². The number of rotatable bonds is 11. The number of halogens is 1. The first kappa shape index (κ1) is 16.7. The first-order chi connectivity index (χ1) is 9.33. The van der Waals surface area contributed by atoms with Gasteiger partial charge in [-0.2, -0.15) is 0 Å². The lowest BCUT2D eigenvalue weighted by Gasteiger charge is -2.07. The van der Waals surface area contributed by atoms with Gasteiger partial charge in [0.2, 0.25) is 0 Å². The van der Waals surface area contributed by atoms with Gasteiger partial charge < -0.3 is 19.5 Å². The van der Waals surface area contributed by atoms with Crippen molar-refractivity contribution in [2.75, 3.05) is 46.6 Å². The van der Waals surface area contributed by atoms with Crippen molar-refractivity contribution in [1.82, 2.24) is 0 Å². The molecule has 0 aliphatic carbocycles. The molecule has 0 aliphatic heterocycles. The molecule has 4 nitrogen and oxygen atoms in total. The summed E-state index contributed by atoms with van der Waals surface area (Å²) < 4.78 is 17.3. The number of quaternary nitrogens is 1. The van der Waals surface area contributed by atoms with Crippen molar-refractivity contribution in [3.8, 4) is 5.75 Å². The Hall–Kier alpha value is -0.370. The van der Waals surface area contributed by atoms with E-state index < -0.39 is 0 Å². The summed E-state index contributed by atoms with van der Waals surface area (Å²) in [4.78, 5) is 0. The number of nitrogens with two attached hydrogens (primary N) is 1. The third kappa shape index (κ3) is 9.21. The summed E-state index contributed by atoms with van der Waals surface area (Å²) in [6.07, 6.45) is 1.09. The summed E-state index contributed by atoms with van der Waals surface area (Å²) in [6, 6.07) is 8.02. The molecule has 1 aromatic rings. The van der Waals surface area contributed by atoms with E-state index in [-0.39, 0.29) is 0 Å². The molecule has 0 saturated heterocycles. The Bertz CT molecular complexity index is 319. The number of methoxy groups -OCH3 is 1. The van der Waals surface area contributed by atoms with Crippen LogP contribution >= 0.6 is 22.6 Å². The highest BCUT2D eigenvalue weighted by molar-refractivity contribution is 14.1. The molecule has 0 saturated carbocycles. The summed E-state index contributed by atoms with van der Waals surface area (Å²) in [5.41, 5.74) is 0. The van der Waals surface area contributed by atoms with Gasteiger partial charge in [0.25, 0.3) is 0 Å². The third-order valence-electron chi connectivity index (χ3n) is 2.53. The topological polar surface area (TPSA) is 44.3 Å². The van der Waals surface area contributed by atoms with E-state index in [4.69, 9.17) is 14.2 Å². The average molecular weight is 380 g/mol. The molecule has 0 fully saturated rings. The lowest BCUT2D eigenvalue weighted by molar-refractivity contribution is -0.656. The number of hydrogen-bond acceptors (Lipinski definition) is 3. The van der Waals surface area contributed by atoms with Crippen LogP contribution in [0.1, 0.15) is 6.42 Å². The van der Waals surface area contributed by atoms with E-state index in [1.807, 2.05) is 24.3 Å². The Morgan fingerprint density at radius 1 is 1.00 bits per heavy atom. The molecule has 0 bridgehead atoms. The third-order valence-corrected chi connectivity index (χ3v) is 3.25. The van der Waals surface area contributed by atoms with E-state index in [2.05, 4.69) is 27.9 Å². The smallest absolute Gasteiger partial charge is 0.119 e. The van der Waals surface area contributed by atoms with Crippen LogP contribution in [0.2, 0.25) is 0 Å². The largest absolute Gasteiger partial charge is 0.491 e. The highest BCUT2D eigenvalue weighted by Crippen LogP contribution is 2.12. The van der Waals surface area contributed by atoms with Crippen LogP contribution in [-0.2, 0) is 9.47 Å². The van der Waals surface area contributed by atoms with Gasteiger partial charge in [-0.25, -0.2) is 0 Å². The van der Waals surface area contributed by atoms with Crippen LogP contribution in [0.4, 0.5) is 0 Å². The SMILES string of the molecule is COCCC[NH2+]CCOCCOc1ccc(I)cc1. The van der Waals surface area contributed by atoms with E-state index in [9.17, 15) is 0 Å². The van der Waals surface area contributed by atoms with Gasteiger partial charge in [0.1, 0.15) is 12.4 Å². The Morgan fingerprint density at radius 2 is 1.79 bits per heavy atom. The second-order valence-corrected chi connectivity index (χ2v) is 5.37. The zero-order valence-corrected chi connectivity index (χ0v) is 13.6. The summed E-state index contributed by atoms with van der Waals surface area (Å²) in [5, 5.41) is 2.25. The zero-order valence-electron chi connectivity index (χ0n) is 11.4. The molecule has 0 heterocycles. The highest BCUT2D eigenvalue weighted by Gasteiger charge is 1.95. The molecule has 2 N–H and O–H groups in total. The highest BCUT2D eigenvalue weighted by atomic mass is 127. The van der Waals surface area contributed by atoms with Gasteiger partial charge in [0, 0.05) is 17.1 Å². The van der Waals surface area contributed by atoms with Crippen molar-refractivity contribution in [1.29, 1.82) is 0 Å². The standard InChI is InChI=1S/C14H22INO3/c1-17-9-2-7-16-8-10-18-11-12-19-14-5-3-13(15)4-6-14/h3-6,16H,2,7-12H2,1H3/p+1. The Balaban J connectivity index is 1.87. The zero-order chi connectivity index (χ0) is 13.8. The second-order valence-electron chi connectivity index (χ2n) is 4.13. The van der Waals surface area contributed by atoms with Gasteiger partial charge in [0.15, 0.2) is 0 Å². The van der Waals surface area contributed by atoms with Crippen molar-refractivity contribution in [3.63, 3.8) is 0 Å². The van der Waals surface area contributed by atoms with Crippen LogP contribution in [0.15, 0.2) is 24.3 Å². The number of benzene rings is 1. The van der Waals surface area contributed by atoms with Crippen LogP contribution in [0, 0.1) is 3.57 Å². The van der Waals surface area contributed by atoms with Gasteiger partial charge >= 0.3 is 0 Å². The van der Waals surface area contributed by atoms with E-state index in [0.717, 1.165) is 38.5 Å². The van der Waals surface area contributed by atoms with Crippen LogP contribution in [-0.4, -0.2) is 46.6 Å². The van der Waals surface area contributed by atoms with Crippen molar-refractivity contribution in [2.24, 2.45) is 0 Å². The lowest BCUT2D eigenvalue weighted by atomic mass is 10.3. The molecule has 108 valence electrons. The summed E-state index contributed by atoms with van der Waals surface area (Å²) in [6.45, 7) is 4.93. The maximum atomic E-state index is 5.57. The van der Waals surface area contributed by atoms with Gasteiger partial charge in [0.05, 0.1) is 32.9 Å². The fourth-order valence-electron chi connectivity index (χ4n) is 1.53. The molecule has 1 rings (SSSR count). The maximum Gasteiger partial charge on any atom is 0.119 e. The van der Waals surface area contributed by atoms with E-state index in [1.165, 1.54) is 3.57 Å². The van der Waals surface area contributed by atoms with Gasteiger partial charge in [-0.1, -0.05) is 0 Å². The molecule has 5 heteroatoms. The fourth-order valence-corrected chi connectivity index (χ4v) is 1.89. The molecule has 0 aromatic heterocycles. The van der Waals surface area contributed by atoms with Crippen molar-refractivity contribution in [2.45, 2.75) is 6.42 Å². The van der Waals surface area contributed by atoms with Crippen molar-refractivity contribution >= 4 is 22.6 Å². The molecule has 19 heavy (non-hydrogen) atoms. The summed E-state index contributed by atoms with van der Waals surface area (Å²) in [5.74, 6) is 0.898. The van der Waals surface area contributed by atoms with Crippen LogP contribution in [0.25, 0.3) is 0 Å². The maximum absolute atomic E-state index is 5.57. The second kappa shape index (κ2) is 11.5. The predicted molar refractivity (Wildman–Crippen MR) is 83.6 cm³/mol. The van der Waals surface area contributed by atoms with Gasteiger partial charge in [-0.3, -0.25) is 0 Å². The molecular weight excluding hydrogens is 357 g/mol. The van der Waals surface area contributed by atoms with Crippen LogP contribution in [0.3, 0.4) is 0 Å². The minimum Gasteiger partial charge on any atom is -0.491 e. The molecule has 0 radical (unpaired) electrons. The average Bonchev–Trinajstić information content (AvgIpc) is 2.43. The Morgan fingerprint density at radius 3 is 2.53 bits per heavy atom. The minimum absolute atomic E-state index is 0.601. The molecule has 0 spiro atoms. The molecule has 1 aromatic carbocycles. The van der Waals surface area contributed by atoms with Crippen LogP contribution < -0.4 is 10.1 Å². The molecule has 0 unspecified atom stereocenters. The molecule has 0 amide bonds. The first-order valence-electron chi connectivity index (χ1n) is 6.59.